The van der Waals surface area contributed by atoms with E-state index in [9.17, 15) is 18.3 Å². The zero-order valence-corrected chi connectivity index (χ0v) is 13.1. The van der Waals surface area contributed by atoms with Gasteiger partial charge < -0.3 is 10.2 Å². The summed E-state index contributed by atoms with van der Waals surface area (Å²) in [5.41, 5.74) is 0. The van der Waals surface area contributed by atoms with Crippen LogP contribution >= 0.6 is 0 Å². The maximum Gasteiger partial charge on any atom is 0.307 e. The molecule has 1 heterocycles. The summed E-state index contributed by atoms with van der Waals surface area (Å²) in [6.07, 6.45) is 3.50. The van der Waals surface area contributed by atoms with Crippen LogP contribution in [0.3, 0.4) is 0 Å². The second kappa shape index (κ2) is 6.60. The molecular formula is C13H24N2O5S. The third kappa shape index (κ3) is 3.56. The number of carboxylic acids is 1. The van der Waals surface area contributed by atoms with E-state index in [1.54, 1.807) is 0 Å². The Labute approximate surface area is 125 Å². The van der Waals surface area contributed by atoms with E-state index >= 15 is 0 Å². The Balaban J connectivity index is 2.11. The van der Waals surface area contributed by atoms with E-state index in [-0.39, 0.29) is 6.54 Å². The minimum absolute atomic E-state index is 0.0187. The van der Waals surface area contributed by atoms with Crippen molar-refractivity contribution >= 4 is 16.2 Å². The van der Waals surface area contributed by atoms with E-state index in [0.717, 1.165) is 12.8 Å². The van der Waals surface area contributed by atoms with Gasteiger partial charge in [-0.1, -0.05) is 12.8 Å². The summed E-state index contributed by atoms with van der Waals surface area (Å²) in [5, 5.41) is 19.1. The molecule has 3 unspecified atom stereocenters. The summed E-state index contributed by atoms with van der Waals surface area (Å²) < 4.78 is 27.8. The van der Waals surface area contributed by atoms with Gasteiger partial charge in [-0.3, -0.25) is 4.79 Å². The molecule has 2 rings (SSSR count). The molecule has 2 N–H and O–H groups in total. The number of likely N-dealkylation sites (N-methyl/N-ethyl adjacent to an activating group) is 1. The summed E-state index contributed by atoms with van der Waals surface area (Å²) in [6.45, 7) is 0.365. The number of rotatable bonds is 4. The fraction of sp³-hybridized carbons (Fsp3) is 0.923. The fourth-order valence-electron chi connectivity index (χ4n) is 3.22. The van der Waals surface area contributed by atoms with Crippen molar-refractivity contribution in [3.63, 3.8) is 0 Å². The summed E-state index contributed by atoms with van der Waals surface area (Å²) in [7, 11) is -2.23. The van der Waals surface area contributed by atoms with Crippen LogP contribution in [0.1, 0.15) is 38.5 Å². The average molecular weight is 320 g/mol. The molecule has 1 aliphatic heterocycles. The van der Waals surface area contributed by atoms with Gasteiger partial charge in [-0.25, -0.2) is 0 Å². The van der Waals surface area contributed by atoms with Crippen LogP contribution in [0, 0.1) is 5.92 Å². The van der Waals surface area contributed by atoms with Crippen LogP contribution in [0.5, 0.6) is 0 Å². The molecule has 2 fully saturated rings. The number of aliphatic hydroxyl groups excluding tert-OH is 1. The SMILES string of the molecule is CN(C1CCCCC1O)S(=O)(=O)N1CCCC(C(=O)O)C1. The number of aliphatic hydroxyl groups is 1. The normalized spacial score (nSPS) is 32.2. The van der Waals surface area contributed by atoms with Crippen LogP contribution in [-0.4, -0.2) is 65.5 Å². The van der Waals surface area contributed by atoms with E-state index in [0.29, 0.717) is 32.2 Å². The molecule has 2 aliphatic rings. The lowest BCUT2D eigenvalue weighted by Crippen LogP contribution is -2.54. The van der Waals surface area contributed by atoms with Crippen molar-refractivity contribution in [3.8, 4) is 0 Å². The van der Waals surface area contributed by atoms with Crippen LogP contribution in [0.25, 0.3) is 0 Å². The van der Waals surface area contributed by atoms with E-state index in [1.165, 1.54) is 15.7 Å². The average Bonchev–Trinajstić information content (AvgIpc) is 2.47. The van der Waals surface area contributed by atoms with Gasteiger partial charge >= 0.3 is 5.97 Å². The monoisotopic (exact) mass is 320 g/mol. The topological polar surface area (TPSA) is 98.2 Å². The van der Waals surface area contributed by atoms with Gasteiger partial charge in [0.05, 0.1) is 18.1 Å². The lowest BCUT2D eigenvalue weighted by molar-refractivity contribution is -0.142. The summed E-state index contributed by atoms with van der Waals surface area (Å²) in [6, 6.07) is -0.408. The lowest BCUT2D eigenvalue weighted by atomic mass is 9.93. The number of aliphatic carboxylic acids is 1. The predicted molar refractivity (Wildman–Crippen MR) is 76.9 cm³/mol. The number of piperidine rings is 1. The maximum atomic E-state index is 12.6. The molecule has 8 heteroatoms. The van der Waals surface area contributed by atoms with Crippen molar-refractivity contribution in [2.24, 2.45) is 5.92 Å². The van der Waals surface area contributed by atoms with Crippen molar-refractivity contribution in [3.05, 3.63) is 0 Å². The van der Waals surface area contributed by atoms with E-state index in [4.69, 9.17) is 5.11 Å². The molecular weight excluding hydrogens is 296 g/mol. The zero-order chi connectivity index (χ0) is 15.6. The standard InChI is InChI=1S/C13H24N2O5S/c1-14(11-6-2-3-7-12(11)16)21(19,20)15-8-4-5-10(9-15)13(17)18/h10-12,16H,2-9H2,1H3,(H,17,18). The van der Waals surface area contributed by atoms with Gasteiger partial charge in [0, 0.05) is 20.1 Å². The molecule has 1 aliphatic carbocycles. The second-order valence-corrected chi connectivity index (χ2v) is 7.97. The molecule has 3 atom stereocenters. The molecule has 0 aromatic rings. The van der Waals surface area contributed by atoms with Gasteiger partial charge in [0.15, 0.2) is 0 Å². The van der Waals surface area contributed by atoms with Gasteiger partial charge in [-0.15, -0.1) is 0 Å². The Morgan fingerprint density at radius 3 is 2.48 bits per heavy atom. The quantitative estimate of drug-likeness (QED) is 0.774. The molecule has 122 valence electrons. The highest BCUT2D eigenvalue weighted by Crippen LogP contribution is 2.27. The minimum atomic E-state index is -3.72. The van der Waals surface area contributed by atoms with Crippen molar-refractivity contribution in [1.82, 2.24) is 8.61 Å². The molecule has 1 saturated heterocycles. The van der Waals surface area contributed by atoms with Gasteiger partial charge in [0.2, 0.25) is 0 Å². The summed E-state index contributed by atoms with van der Waals surface area (Å²) in [4.78, 5) is 11.1. The number of hydrogen-bond acceptors (Lipinski definition) is 4. The Morgan fingerprint density at radius 1 is 1.19 bits per heavy atom. The Morgan fingerprint density at radius 2 is 1.86 bits per heavy atom. The highest BCUT2D eigenvalue weighted by Gasteiger charge is 2.39. The Kier molecular flexibility index (Phi) is 5.24. The van der Waals surface area contributed by atoms with Crippen LogP contribution in [0.2, 0.25) is 0 Å². The Hall–Kier alpha value is -0.700. The van der Waals surface area contributed by atoms with E-state index in [2.05, 4.69) is 0 Å². The molecule has 0 radical (unpaired) electrons. The minimum Gasteiger partial charge on any atom is -0.481 e. The molecule has 7 nitrogen and oxygen atoms in total. The third-order valence-corrected chi connectivity index (χ3v) is 6.57. The zero-order valence-electron chi connectivity index (χ0n) is 12.3. The van der Waals surface area contributed by atoms with Gasteiger partial charge in [-0.05, 0) is 25.7 Å². The molecule has 0 aromatic heterocycles. The number of carboxylic acid groups (broad SMARTS) is 1. The smallest absolute Gasteiger partial charge is 0.307 e. The summed E-state index contributed by atoms with van der Waals surface area (Å²) >= 11 is 0. The molecule has 21 heavy (non-hydrogen) atoms. The van der Waals surface area contributed by atoms with Crippen molar-refractivity contribution in [1.29, 1.82) is 0 Å². The maximum absolute atomic E-state index is 12.6. The molecule has 0 aromatic carbocycles. The predicted octanol–water partition coefficient (Wildman–Crippen LogP) is 0.263. The van der Waals surface area contributed by atoms with Crippen LogP contribution in [0.15, 0.2) is 0 Å². The first-order valence-electron chi connectivity index (χ1n) is 7.48. The van der Waals surface area contributed by atoms with Crippen LogP contribution < -0.4 is 0 Å². The first kappa shape index (κ1) is 16.7. The highest BCUT2D eigenvalue weighted by molar-refractivity contribution is 7.86. The van der Waals surface area contributed by atoms with Crippen molar-refractivity contribution in [2.75, 3.05) is 20.1 Å². The molecule has 0 bridgehead atoms. The molecule has 0 spiro atoms. The van der Waals surface area contributed by atoms with Gasteiger partial charge in [-0.2, -0.15) is 17.0 Å². The first-order valence-corrected chi connectivity index (χ1v) is 8.87. The van der Waals surface area contributed by atoms with Gasteiger partial charge in [0.25, 0.3) is 10.2 Å². The highest BCUT2D eigenvalue weighted by atomic mass is 32.2. The van der Waals surface area contributed by atoms with Gasteiger partial charge in [0.1, 0.15) is 0 Å². The van der Waals surface area contributed by atoms with Crippen LogP contribution in [-0.2, 0) is 15.0 Å². The third-order valence-electron chi connectivity index (χ3n) is 4.58. The molecule has 0 amide bonds. The first-order chi connectivity index (χ1) is 9.84. The van der Waals surface area contributed by atoms with Crippen LogP contribution in [0.4, 0.5) is 0 Å². The number of hydrogen-bond donors (Lipinski definition) is 2. The largest absolute Gasteiger partial charge is 0.481 e. The van der Waals surface area contributed by atoms with E-state index in [1.807, 2.05) is 0 Å². The van der Waals surface area contributed by atoms with Crippen molar-refractivity contribution in [2.45, 2.75) is 50.7 Å². The number of carbonyl (C=O) groups is 1. The Bertz CT molecular complexity index is 481. The summed E-state index contributed by atoms with van der Waals surface area (Å²) in [5.74, 6) is -1.59. The molecule has 1 saturated carbocycles. The second-order valence-electron chi connectivity index (χ2n) is 5.98. The fourth-order valence-corrected chi connectivity index (χ4v) is 4.90. The number of nitrogens with zero attached hydrogens (tertiary/aromatic N) is 2. The van der Waals surface area contributed by atoms with Crippen molar-refractivity contribution < 1.29 is 23.4 Å². The lowest BCUT2D eigenvalue weighted by Gasteiger charge is -2.39. The van der Waals surface area contributed by atoms with E-state index < -0.39 is 34.2 Å².